The SMILES string of the molecule is N=NN1CCCC1CO. The number of aliphatic hydroxyl groups excluding tert-OH is 1. The van der Waals surface area contributed by atoms with E-state index in [0.717, 1.165) is 19.4 Å². The van der Waals surface area contributed by atoms with Crippen LogP contribution in [0.1, 0.15) is 12.8 Å². The second-order valence-corrected chi connectivity index (χ2v) is 2.24. The van der Waals surface area contributed by atoms with Crippen molar-refractivity contribution in [3.63, 3.8) is 0 Å². The monoisotopic (exact) mass is 129 g/mol. The van der Waals surface area contributed by atoms with Crippen molar-refractivity contribution in [2.24, 2.45) is 5.22 Å². The van der Waals surface area contributed by atoms with Gasteiger partial charge in [-0.2, -0.15) is 5.53 Å². The second kappa shape index (κ2) is 2.77. The number of nitrogens with one attached hydrogen (secondary N) is 1. The maximum absolute atomic E-state index is 8.68. The fourth-order valence-corrected chi connectivity index (χ4v) is 1.14. The quantitative estimate of drug-likeness (QED) is 0.530. The van der Waals surface area contributed by atoms with Crippen molar-refractivity contribution in [2.75, 3.05) is 13.2 Å². The number of hydrogen-bond donors (Lipinski definition) is 2. The molecule has 0 aliphatic carbocycles. The highest BCUT2D eigenvalue weighted by molar-refractivity contribution is 4.73. The fraction of sp³-hybridized carbons (Fsp3) is 1.00. The van der Waals surface area contributed by atoms with Gasteiger partial charge in [-0.3, -0.25) is 5.01 Å². The van der Waals surface area contributed by atoms with Gasteiger partial charge in [-0.25, -0.2) is 0 Å². The van der Waals surface area contributed by atoms with Crippen molar-refractivity contribution in [2.45, 2.75) is 18.9 Å². The Labute approximate surface area is 54.0 Å². The van der Waals surface area contributed by atoms with Gasteiger partial charge >= 0.3 is 0 Å². The third-order valence-corrected chi connectivity index (χ3v) is 1.69. The average Bonchev–Trinajstić information content (AvgIpc) is 2.33. The van der Waals surface area contributed by atoms with Gasteiger partial charge in [0.1, 0.15) is 0 Å². The summed E-state index contributed by atoms with van der Waals surface area (Å²) in [6, 6.07) is 0.113. The smallest absolute Gasteiger partial charge is 0.0718 e. The van der Waals surface area contributed by atoms with Crippen molar-refractivity contribution in [3.8, 4) is 0 Å². The standard InChI is InChI=1S/C5H11N3O/c6-7-8-3-1-2-5(8)4-9/h5-6,9H,1-4H2. The van der Waals surface area contributed by atoms with E-state index in [1.54, 1.807) is 5.01 Å². The molecule has 0 bridgehead atoms. The maximum Gasteiger partial charge on any atom is 0.0718 e. The Morgan fingerprint density at radius 3 is 3.00 bits per heavy atom. The van der Waals surface area contributed by atoms with E-state index in [-0.39, 0.29) is 12.6 Å². The summed E-state index contributed by atoms with van der Waals surface area (Å²) < 4.78 is 0. The predicted octanol–water partition coefficient (Wildman–Crippen LogP) is 0.389. The molecule has 1 aliphatic rings. The summed E-state index contributed by atoms with van der Waals surface area (Å²) in [7, 11) is 0. The van der Waals surface area contributed by atoms with Gasteiger partial charge in [0, 0.05) is 6.54 Å². The molecule has 1 fully saturated rings. The lowest BCUT2D eigenvalue weighted by atomic mass is 10.2. The first kappa shape index (κ1) is 6.48. The van der Waals surface area contributed by atoms with Crippen LogP contribution in [0, 0.1) is 5.53 Å². The number of nitrogens with zero attached hydrogens (tertiary/aromatic N) is 2. The number of hydrogen-bond acceptors (Lipinski definition) is 3. The Morgan fingerprint density at radius 2 is 2.56 bits per heavy atom. The predicted molar refractivity (Wildman–Crippen MR) is 32.0 cm³/mol. The van der Waals surface area contributed by atoms with E-state index in [4.69, 9.17) is 10.6 Å². The molecule has 0 saturated carbocycles. The molecule has 1 heterocycles. The van der Waals surface area contributed by atoms with Gasteiger partial charge in [0.25, 0.3) is 0 Å². The van der Waals surface area contributed by atoms with E-state index in [1.807, 2.05) is 0 Å². The first-order valence-corrected chi connectivity index (χ1v) is 3.13. The van der Waals surface area contributed by atoms with Crippen LogP contribution in [0.25, 0.3) is 0 Å². The average molecular weight is 129 g/mol. The lowest BCUT2D eigenvalue weighted by Crippen LogP contribution is -2.26. The Bertz CT molecular complexity index is 106. The Morgan fingerprint density at radius 1 is 1.78 bits per heavy atom. The molecule has 4 heteroatoms. The summed E-state index contributed by atoms with van der Waals surface area (Å²) >= 11 is 0. The van der Waals surface area contributed by atoms with E-state index in [1.165, 1.54) is 0 Å². The van der Waals surface area contributed by atoms with Crippen LogP contribution in [0.5, 0.6) is 0 Å². The molecule has 4 nitrogen and oxygen atoms in total. The molecule has 1 atom stereocenters. The molecular formula is C5H11N3O. The lowest BCUT2D eigenvalue weighted by Gasteiger charge is -2.15. The number of rotatable bonds is 2. The summed E-state index contributed by atoms with van der Waals surface area (Å²) in [6.07, 6.45) is 2.02. The fourth-order valence-electron chi connectivity index (χ4n) is 1.14. The van der Waals surface area contributed by atoms with Crippen molar-refractivity contribution in [1.82, 2.24) is 5.01 Å². The molecule has 0 aromatic heterocycles. The normalized spacial score (nSPS) is 26.8. The molecule has 0 aromatic carbocycles. The van der Waals surface area contributed by atoms with Gasteiger partial charge in [-0.1, -0.05) is 5.22 Å². The van der Waals surface area contributed by atoms with Crippen LogP contribution >= 0.6 is 0 Å². The first-order valence-electron chi connectivity index (χ1n) is 3.13. The molecule has 0 radical (unpaired) electrons. The van der Waals surface area contributed by atoms with E-state index < -0.39 is 0 Å². The highest BCUT2D eigenvalue weighted by atomic mass is 16.3. The van der Waals surface area contributed by atoms with Gasteiger partial charge < -0.3 is 5.11 Å². The van der Waals surface area contributed by atoms with Gasteiger partial charge in [0.15, 0.2) is 0 Å². The molecule has 9 heavy (non-hydrogen) atoms. The minimum atomic E-state index is 0.113. The lowest BCUT2D eigenvalue weighted by molar-refractivity contribution is 0.152. The van der Waals surface area contributed by atoms with Crippen molar-refractivity contribution in [1.29, 1.82) is 5.53 Å². The third-order valence-electron chi connectivity index (χ3n) is 1.69. The maximum atomic E-state index is 8.68. The highest BCUT2D eigenvalue weighted by Crippen LogP contribution is 2.15. The molecule has 1 saturated heterocycles. The van der Waals surface area contributed by atoms with Crippen molar-refractivity contribution < 1.29 is 5.11 Å². The Balaban J connectivity index is 2.41. The number of aliphatic hydroxyl groups is 1. The molecule has 1 rings (SSSR count). The molecule has 2 N–H and O–H groups in total. The summed E-state index contributed by atoms with van der Waals surface area (Å²) in [5, 5.41) is 13.6. The summed E-state index contributed by atoms with van der Waals surface area (Å²) in [5.41, 5.74) is 6.67. The molecular weight excluding hydrogens is 118 g/mol. The third kappa shape index (κ3) is 1.18. The first-order chi connectivity index (χ1) is 4.38. The van der Waals surface area contributed by atoms with Crippen LogP contribution in [-0.4, -0.2) is 29.3 Å². The second-order valence-electron chi connectivity index (χ2n) is 2.24. The zero-order chi connectivity index (χ0) is 6.69. The minimum Gasteiger partial charge on any atom is -0.394 e. The Hall–Kier alpha value is -0.640. The van der Waals surface area contributed by atoms with Crippen LogP contribution in [-0.2, 0) is 0 Å². The van der Waals surface area contributed by atoms with Crippen molar-refractivity contribution in [3.05, 3.63) is 0 Å². The van der Waals surface area contributed by atoms with Crippen LogP contribution in [0.4, 0.5) is 0 Å². The molecule has 0 spiro atoms. The molecule has 0 aromatic rings. The summed E-state index contributed by atoms with van der Waals surface area (Å²) in [4.78, 5) is 0. The van der Waals surface area contributed by atoms with Crippen LogP contribution in [0.2, 0.25) is 0 Å². The zero-order valence-corrected chi connectivity index (χ0v) is 5.25. The van der Waals surface area contributed by atoms with Gasteiger partial charge in [0.2, 0.25) is 0 Å². The molecule has 0 amide bonds. The highest BCUT2D eigenvalue weighted by Gasteiger charge is 2.21. The van der Waals surface area contributed by atoms with Crippen molar-refractivity contribution >= 4 is 0 Å². The summed E-state index contributed by atoms with van der Waals surface area (Å²) in [6.45, 7) is 0.955. The zero-order valence-electron chi connectivity index (χ0n) is 5.25. The van der Waals surface area contributed by atoms with E-state index in [9.17, 15) is 0 Å². The van der Waals surface area contributed by atoms with Crippen LogP contribution in [0.15, 0.2) is 5.22 Å². The molecule has 1 unspecified atom stereocenters. The van der Waals surface area contributed by atoms with Gasteiger partial charge in [0.05, 0.1) is 12.6 Å². The van der Waals surface area contributed by atoms with Crippen LogP contribution in [0.3, 0.4) is 0 Å². The minimum absolute atomic E-state index is 0.113. The van der Waals surface area contributed by atoms with E-state index in [2.05, 4.69) is 5.22 Å². The molecule has 52 valence electrons. The van der Waals surface area contributed by atoms with E-state index >= 15 is 0 Å². The van der Waals surface area contributed by atoms with Gasteiger partial charge in [-0.15, -0.1) is 0 Å². The van der Waals surface area contributed by atoms with Crippen LogP contribution < -0.4 is 0 Å². The van der Waals surface area contributed by atoms with E-state index in [0.29, 0.717) is 0 Å². The molecule has 1 aliphatic heterocycles. The Kier molecular flexibility index (Phi) is 2.00. The van der Waals surface area contributed by atoms with Gasteiger partial charge in [-0.05, 0) is 12.8 Å². The summed E-state index contributed by atoms with van der Waals surface area (Å²) in [5.74, 6) is 0. The largest absolute Gasteiger partial charge is 0.394 e. The topological polar surface area (TPSA) is 59.7 Å².